The van der Waals surface area contributed by atoms with E-state index in [1.54, 1.807) is 23.5 Å². The highest BCUT2D eigenvalue weighted by atomic mass is 33.1. The molecule has 0 radical (unpaired) electrons. The summed E-state index contributed by atoms with van der Waals surface area (Å²) in [6, 6.07) is 8.52. The van der Waals surface area contributed by atoms with Gasteiger partial charge in [-0.2, -0.15) is 0 Å². The number of unbranched alkanes of at least 4 members (excludes halogenated alkanes) is 1. The van der Waals surface area contributed by atoms with Crippen molar-refractivity contribution in [1.29, 1.82) is 0 Å². The monoisotopic (exact) mass is 472 g/mol. The van der Waals surface area contributed by atoms with Crippen LogP contribution in [0.2, 0.25) is 0 Å². The number of carbonyl (C=O) groups excluding carboxylic acids is 1. The maximum atomic E-state index is 12.0. The molecule has 0 N–H and O–H groups in total. The predicted molar refractivity (Wildman–Crippen MR) is 126 cm³/mol. The lowest BCUT2D eigenvalue weighted by Crippen LogP contribution is -2.06. The number of hydrogen-bond donors (Lipinski definition) is 0. The average Bonchev–Trinajstić information content (AvgIpc) is 3.43. The Morgan fingerprint density at radius 3 is 2.63 bits per heavy atom. The summed E-state index contributed by atoms with van der Waals surface area (Å²) in [5.41, 5.74) is 0. The van der Waals surface area contributed by atoms with Crippen LogP contribution in [0.3, 0.4) is 0 Å². The van der Waals surface area contributed by atoms with Crippen LogP contribution >= 0.6 is 68.6 Å². The van der Waals surface area contributed by atoms with Crippen LogP contribution in [-0.2, 0) is 9.53 Å². The number of fused-ring (bicyclic) bond motifs is 1. The minimum Gasteiger partial charge on any atom is -0.460 e. The molecule has 1 saturated heterocycles. The molecule has 1 aromatic rings. The second-order valence-electron chi connectivity index (χ2n) is 6.27. The summed E-state index contributed by atoms with van der Waals surface area (Å²) in [6.45, 7) is 0.407. The number of benzene rings is 1. The van der Waals surface area contributed by atoms with E-state index in [1.807, 2.05) is 45.1 Å². The standard InChI is InChI=1S/C19H20O2S6/c20-17(8-4-1-5-13-9-10-23-27-13)21-11-14-12-22-18(24-14)19-25-15-6-2-3-7-16(15)26-19/h2-3,6-7,12-13H,1,4-5,8-11H2. The zero-order chi connectivity index (χ0) is 18.5. The van der Waals surface area contributed by atoms with Gasteiger partial charge < -0.3 is 4.74 Å². The molecule has 1 unspecified atom stereocenters. The minimum atomic E-state index is -0.0620. The summed E-state index contributed by atoms with van der Waals surface area (Å²) in [5, 5.41) is 2.92. The highest BCUT2D eigenvalue weighted by Crippen LogP contribution is 2.58. The van der Waals surface area contributed by atoms with Gasteiger partial charge in [-0.1, -0.05) is 87.2 Å². The topological polar surface area (TPSA) is 26.3 Å². The summed E-state index contributed by atoms with van der Waals surface area (Å²) in [7, 11) is 4.00. The Labute approximate surface area is 185 Å². The minimum absolute atomic E-state index is 0.0620. The van der Waals surface area contributed by atoms with E-state index in [9.17, 15) is 4.79 Å². The molecule has 3 heterocycles. The van der Waals surface area contributed by atoms with E-state index in [1.165, 1.54) is 36.9 Å². The lowest BCUT2D eigenvalue weighted by Gasteiger charge is -2.07. The Bertz CT molecular complexity index is 727. The molecule has 0 saturated carbocycles. The molecule has 2 nitrogen and oxygen atoms in total. The predicted octanol–water partition coefficient (Wildman–Crippen LogP) is 7.59. The fourth-order valence-corrected chi connectivity index (χ4v) is 10.8. The number of rotatable bonds is 7. The third-order valence-electron chi connectivity index (χ3n) is 4.20. The molecule has 0 bridgehead atoms. The molecule has 0 spiro atoms. The molecule has 0 aromatic heterocycles. The van der Waals surface area contributed by atoms with Crippen LogP contribution in [0, 0.1) is 0 Å². The first-order chi connectivity index (χ1) is 13.3. The van der Waals surface area contributed by atoms with Crippen LogP contribution in [0.5, 0.6) is 0 Å². The molecule has 1 aromatic carbocycles. The first-order valence-corrected chi connectivity index (χ1v) is 14.7. The first kappa shape index (κ1) is 20.5. The molecular weight excluding hydrogens is 453 g/mol. The molecule has 8 heteroatoms. The molecular formula is C19H20O2S6. The molecule has 0 aliphatic carbocycles. The zero-order valence-corrected chi connectivity index (χ0v) is 19.6. The molecule has 4 rings (SSSR count). The lowest BCUT2D eigenvalue weighted by molar-refractivity contribution is -0.142. The van der Waals surface area contributed by atoms with Crippen molar-refractivity contribution < 1.29 is 9.53 Å². The van der Waals surface area contributed by atoms with E-state index < -0.39 is 0 Å². The Kier molecular flexibility index (Phi) is 7.87. The van der Waals surface area contributed by atoms with Crippen molar-refractivity contribution in [3.63, 3.8) is 0 Å². The van der Waals surface area contributed by atoms with Gasteiger partial charge in [0.25, 0.3) is 0 Å². The SMILES string of the molecule is O=C(CCCCC1CCSS1)OCC1=CSC(=C2Sc3ccccc3S2)S1. The molecule has 1 atom stereocenters. The van der Waals surface area contributed by atoms with Crippen molar-refractivity contribution in [2.45, 2.75) is 47.1 Å². The van der Waals surface area contributed by atoms with Gasteiger partial charge in [-0.15, -0.1) is 0 Å². The third kappa shape index (κ3) is 5.89. The van der Waals surface area contributed by atoms with Crippen molar-refractivity contribution in [2.75, 3.05) is 12.4 Å². The molecule has 27 heavy (non-hydrogen) atoms. The van der Waals surface area contributed by atoms with Crippen LogP contribution in [-0.4, -0.2) is 23.6 Å². The fraction of sp³-hybridized carbons (Fsp3) is 0.421. The number of thioether (sulfide) groups is 4. The highest BCUT2D eigenvalue weighted by molar-refractivity contribution is 8.77. The first-order valence-electron chi connectivity index (χ1n) is 8.94. The quantitative estimate of drug-likeness (QED) is 0.227. The normalized spacial score (nSPS) is 21.5. The van der Waals surface area contributed by atoms with Crippen LogP contribution in [0.4, 0.5) is 0 Å². The number of esters is 1. The van der Waals surface area contributed by atoms with Gasteiger partial charge in [0.2, 0.25) is 0 Å². The maximum absolute atomic E-state index is 12.0. The van der Waals surface area contributed by atoms with E-state index in [0.29, 0.717) is 13.0 Å². The summed E-state index contributed by atoms with van der Waals surface area (Å²) in [4.78, 5) is 15.8. The smallest absolute Gasteiger partial charge is 0.306 e. The van der Waals surface area contributed by atoms with E-state index in [4.69, 9.17) is 4.74 Å². The van der Waals surface area contributed by atoms with Gasteiger partial charge in [0.15, 0.2) is 0 Å². The van der Waals surface area contributed by atoms with Gasteiger partial charge in [-0.3, -0.25) is 4.79 Å². The van der Waals surface area contributed by atoms with E-state index in [-0.39, 0.29) is 5.97 Å². The summed E-state index contributed by atoms with van der Waals surface area (Å²) < 4.78 is 8.13. The Morgan fingerprint density at radius 1 is 1.07 bits per heavy atom. The van der Waals surface area contributed by atoms with Crippen molar-refractivity contribution in [2.24, 2.45) is 0 Å². The highest BCUT2D eigenvalue weighted by Gasteiger charge is 2.24. The summed E-state index contributed by atoms with van der Waals surface area (Å²) >= 11 is 7.18. The Hall–Kier alpha value is 0.270. The number of ether oxygens (including phenoxy) is 1. The van der Waals surface area contributed by atoms with Crippen LogP contribution in [0.25, 0.3) is 0 Å². The van der Waals surface area contributed by atoms with Crippen molar-refractivity contribution >= 4 is 74.6 Å². The van der Waals surface area contributed by atoms with E-state index in [0.717, 1.165) is 23.0 Å². The van der Waals surface area contributed by atoms with Gasteiger partial charge >= 0.3 is 5.97 Å². The molecule has 1 fully saturated rings. The van der Waals surface area contributed by atoms with Gasteiger partial charge in [-0.05, 0) is 36.8 Å². The van der Waals surface area contributed by atoms with Gasteiger partial charge in [0.05, 0.1) is 8.47 Å². The fourth-order valence-electron chi connectivity index (χ4n) is 2.79. The zero-order valence-electron chi connectivity index (χ0n) is 14.7. The molecule has 144 valence electrons. The maximum Gasteiger partial charge on any atom is 0.306 e. The van der Waals surface area contributed by atoms with Crippen LogP contribution < -0.4 is 0 Å². The van der Waals surface area contributed by atoms with Gasteiger partial charge in [-0.25, -0.2) is 0 Å². The second-order valence-corrected chi connectivity index (χ2v) is 13.7. The van der Waals surface area contributed by atoms with Crippen LogP contribution in [0.15, 0.2) is 52.8 Å². The van der Waals surface area contributed by atoms with Crippen molar-refractivity contribution in [1.82, 2.24) is 0 Å². The van der Waals surface area contributed by atoms with Crippen LogP contribution in [0.1, 0.15) is 32.1 Å². The third-order valence-corrected chi connectivity index (χ3v) is 12.7. The largest absolute Gasteiger partial charge is 0.460 e. The Balaban J connectivity index is 1.15. The van der Waals surface area contributed by atoms with Crippen molar-refractivity contribution in [3.05, 3.63) is 43.1 Å². The number of hydrogen-bond acceptors (Lipinski definition) is 8. The summed E-state index contributed by atoms with van der Waals surface area (Å²) in [5.74, 6) is 1.22. The lowest BCUT2D eigenvalue weighted by atomic mass is 10.1. The van der Waals surface area contributed by atoms with Crippen molar-refractivity contribution in [3.8, 4) is 0 Å². The second kappa shape index (κ2) is 10.3. The average molecular weight is 473 g/mol. The molecule has 0 amide bonds. The number of carbonyl (C=O) groups is 1. The Morgan fingerprint density at radius 2 is 1.89 bits per heavy atom. The van der Waals surface area contributed by atoms with Gasteiger partial charge in [0, 0.05) is 32.1 Å². The molecule has 3 aliphatic heterocycles. The van der Waals surface area contributed by atoms with Gasteiger partial charge in [0.1, 0.15) is 6.61 Å². The molecule has 3 aliphatic rings. The summed E-state index contributed by atoms with van der Waals surface area (Å²) in [6.07, 6.45) is 5.18. The van der Waals surface area contributed by atoms with E-state index >= 15 is 0 Å². The van der Waals surface area contributed by atoms with E-state index in [2.05, 4.69) is 29.7 Å².